The van der Waals surface area contributed by atoms with Crippen LogP contribution in [0.1, 0.15) is 22.3 Å². The number of benzene rings is 3. The molecule has 0 saturated heterocycles. The summed E-state index contributed by atoms with van der Waals surface area (Å²) in [6, 6.07) is 22.8. The lowest BCUT2D eigenvalue weighted by Gasteiger charge is -2.31. The van der Waals surface area contributed by atoms with Gasteiger partial charge in [0.15, 0.2) is 0 Å². The Bertz CT molecular complexity index is 1270. The van der Waals surface area contributed by atoms with Gasteiger partial charge in [0.1, 0.15) is 5.82 Å². The molecule has 0 fully saturated rings. The molecule has 0 amide bonds. The van der Waals surface area contributed by atoms with Crippen LogP contribution >= 0.6 is 11.6 Å². The largest absolute Gasteiger partial charge is 0.394 e. The molecule has 0 saturated carbocycles. The van der Waals surface area contributed by atoms with Gasteiger partial charge in [-0.2, -0.15) is 0 Å². The van der Waals surface area contributed by atoms with Crippen LogP contribution in [0.15, 0.2) is 72.9 Å². The molecule has 0 aliphatic carbocycles. The molecule has 5 nitrogen and oxygen atoms in total. The number of rotatable bonds is 7. The van der Waals surface area contributed by atoms with E-state index in [1.165, 1.54) is 22.3 Å². The van der Waals surface area contributed by atoms with Crippen LogP contribution in [0.4, 0.5) is 0 Å². The molecule has 0 spiro atoms. The lowest BCUT2D eigenvalue weighted by molar-refractivity contribution is 0.0550. The first kappa shape index (κ1) is 22.8. The van der Waals surface area contributed by atoms with E-state index in [4.69, 9.17) is 16.7 Å². The summed E-state index contributed by atoms with van der Waals surface area (Å²) in [5, 5.41) is 19.6. The molecule has 1 aliphatic heterocycles. The van der Waals surface area contributed by atoms with E-state index in [1.54, 1.807) is 0 Å². The van der Waals surface area contributed by atoms with E-state index in [-0.39, 0.29) is 6.61 Å². The van der Waals surface area contributed by atoms with Crippen molar-refractivity contribution in [1.82, 2.24) is 14.9 Å². The molecule has 1 aliphatic rings. The van der Waals surface area contributed by atoms with Crippen molar-refractivity contribution in [2.45, 2.75) is 25.5 Å². The van der Waals surface area contributed by atoms with E-state index >= 15 is 0 Å². The van der Waals surface area contributed by atoms with Crippen molar-refractivity contribution in [3.8, 4) is 22.6 Å². The Labute approximate surface area is 204 Å². The summed E-state index contributed by atoms with van der Waals surface area (Å²) < 4.78 is 0. The Hall–Kier alpha value is -2.96. The molecule has 3 aromatic carbocycles. The summed E-state index contributed by atoms with van der Waals surface area (Å²) in [5.41, 5.74) is 8.13. The molecule has 3 N–H and O–H groups in total. The SMILES string of the molecule is OC[C@H](O)CN1CCc2c(Cc3ccc(Cl)c(-c4ncc(-c5ccccc5)[nH]4)c3)cccc2C1. The van der Waals surface area contributed by atoms with Crippen LogP contribution in [0.25, 0.3) is 22.6 Å². The average molecular weight is 474 g/mol. The molecule has 5 rings (SSSR count). The third-order valence-electron chi connectivity index (χ3n) is 6.46. The van der Waals surface area contributed by atoms with Gasteiger partial charge in [0.2, 0.25) is 0 Å². The molecule has 0 radical (unpaired) electrons. The maximum Gasteiger partial charge on any atom is 0.139 e. The fourth-order valence-electron chi connectivity index (χ4n) is 4.73. The number of nitrogens with zero attached hydrogens (tertiary/aromatic N) is 2. The maximum absolute atomic E-state index is 9.81. The predicted octanol–water partition coefficient (Wildman–Crippen LogP) is 4.70. The van der Waals surface area contributed by atoms with Crippen molar-refractivity contribution in [1.29, 1.82) is 0 Å². The molecular formula is C28H28ClN3O2. The highest BCUT2D eigenvalue weighted by Gasteiger charge is 2.21. The quantitative estimate of drug-likeness (QED) is 0.364. The van der Waals surface area contributed by atoms with Gasteiger partial charge in [0, 0.05) is 25.2 Å². The van der Waals surface area contributed by atoms with Crippen LogP contribution < -0.4 is 0 Å². The van der Waals surface area contributed by atoms with E-state index < -0.39 is 6.10 Å². The second-order valence-corrected chi connectivity index (χ2v) is 9.29. The van der Waals surface area contributed by atoms with Crippen molar-refractivity contribution in [2.24, 2.45) is 0 Å². The van der Waals surface area contributed by atoms with E-state index in [9.17, 15) is 5.11 Å². The summed E-state index contributed by atoms with van der Waals surface area (Å²) >= 11 is 6.57. The topological polar surface area (TPSA) is 72.4 Å². The first-order valence-corrected chi connectivity index (χ1v) is 12.0. The minimum Gasteiger partial charge on any atom is -0.394 e. The van der Waals surface area contributed by atoms with E-state index in [0.717, 1.165) is 48.6 Å². The fraction of sp³-hybridized carbons (Fsp3) is 0.250. The fourth-order valence-corrected chi connectivity index (χ4v) is 4.94. The van der Waals surface area contributed by atoms with Crippen molar-refractivity contribution in [3.63, 3.8) is 0 Å². The minimum absolute atomic E-state index is 0.204. The number of fused-ring (bicyclic) bond motifs is 1. The van der Waals surface area contributed by atoms with E-state index in [1.807, 2.05) is 30.5 Å². The Kier molecular flexibility index (Phi) is 6.79. The number of β-amino-alcohol motifs (C(OH)–C–C–N with tert-alkyl or cyclic N) is 1. The molecule has 174 valence electrons. The number of aromatic nitrogens is 2. The maximum atomic E-state index is 9.81. The van der Waals surface area contributed by atoms with Crippen LogP contribution in [-0.2, 0) is 19.4 Å². The molecule has 6 heteroatoms. The van der Waals surface area contributed by atoms with Gasteiger partial charge in [-0.25, -0.2) is 4.98 Å². The molecule has 1 aromatic heterocycles. The number of halogens is 1. The number of H-pyrrole nitrogens is 1. The number of aliphatic hydroxyl groups is 2. The average Bonchev–Trinajstić information content (AvgIpc) is 3.36. The minimum atomic E-state index is -0.693. The Morgan fingerprint density at radius 1 is 1.06 bits per heavy atom. The summed E-state index contributed by atoms with van der Waals surface area (Å²) in [7, 11) is 0. The highest BCUT2D eigenvalue weighted by Crippen LogP contribution is 2.31. The molecule has 4 aromatic rings. The van der Waals surface area contributed by atoms with E-state index in [2.05, 4.69) is 57.3 Å². The molecule has 0 bridgehead atoms. The zero-order valence-electron chi connectivity index (χ0n) is 18.9. The van der Waals surface area contributed by atoms with Crippen LogP contribution in [0.2, 0.25) is 5.02 Å². The first-order valence-electron chi connectivity index (χ1n) is 11.6. The van der Waals surface area contributed by atoms with Gasteiger partial charge in [0.05, 0.1) is 29.6 Å². The number of nitrogens with one attached hydrogen (secondary N) is 1. The zero-order valence-corrected chi connectivity index (χ0v) is 19.7. The van der Waals surface area contributed by atoms with Crippen molar-refractivity contribution < 1.29 is 10.2 Å². The van der Waals surface area contributed by atoms with Gasteiger partial charge in [-0.15, -0.1) is 0 Å². The zero-order chi connectivity index (χ0) is 23.5. The van der Waals surface area contributed by atoms with Gasteiger partial charge >= 0.3 is 0 Å². The summed E-state index contributed by atoms with van der Waals surface area (Å²) in [6.45, 7) is 1.96. The highest BCUT2D eigenvalue weighted by molar-refractivity contribution is 6.33. The summed E-state index contributed by atoms with van der Waals surface area (Å²) in [4.78, 5) is 10.2. The Morgan fingerprint density at radius 2 is 1.91 bits per heavy atom. The van der Waals surface area contributed by atoms with Gasteiger partial charge in [-0.05, 0) is 52.8 Å². The number of hydrogen-bond donors (Lipinski definition) is 3. The first-order chi connectivity index (χ1) is 16.6. The Balaban J connectivity index is 1.38. The summed E-state index contributed by atoms with van der Waals surface area (Å²) in [6.07, 6.45) is 2.91. The molecule has 34 heavy (non-hydrogen) atoms. The van der Waals surface area contributed by atoms with Crippen molar-refractivity contribution >= 4 is 11.6 Å². The smallest absolute Gasteiger partial charge is 0.139 e. The number of aromatic amines is 1. The number of aliphatic hydroxyl groups excluding tert-OH is 2. The van der Waals surface area contributed by atoms with Crippen LogP contribution in [-0.4, -0.2) is 50.9 Å². The Morgan fingerprint density at radius 3 is 2.74 bits per heavy atom. The van der Waals surface area contributed by atoms with Gasteiger partial charge in [-0.3, -0.25) is 4.90 Å². The molecular weight excluding hydrogens is 446 g/mol. The number of hydrogen-bond acceptors (Lipinski definition) is 4. The van der Waals surface area contributed by atoms with Gasteiger partial charge in [0.25, 0.3) is 0 Å². The van der Waals surface area contributed by atoms with Crippen LogP contribution in [0, 0.1) is 0 Å². The van der Waals surface area contributed by atoms with Crippen molar-refractivity contribution in [2.75, 3.05) is 19.7 Å². The third-order valence-corrected chi connectivity index (χ3v) is 6.79. The van der Waals surface area contributed by atoms with Crippen LogP contribution in [0.5, 0.6) is 0 Å². The lowest BCUT2D eigenvalue weighted by Crippen LogP contribution is -2.38. The molecule has 1 atom stereocenters. The second-order valence-electron chi connectivity index (χ2n) is 8.88. The number of imidazole rings is 1. The monoisotopic (exact) mass is 473 g/mol. The van der Waals surface area contributed by atoms with Gasteiger partial charge < -0.3 is 15.2 Å². The lowest BCUT2D eigenvalue weighted by atomic mass is 9.90. The molecule has 0 unspecified atom stereocenters. The van der Waals surface area contributed by atoms with E-state index in [0.29, 0.717) is 11.6 Å². The van der Waals surface area contributed by atoms with Gasteiger partial charge in [-0.1, -0.05) is 66.2 Å². The molecule has 2 heterocycles. The predicted molar refractivity (Wildman–Crippen MR) is 136 cm³/mol. The summed E-state index contributed by atoms with van der Waals surface area (Å²) in [5.74, 6) is 0.763. The standard InChI is InChI=1S/C28H28ClN3O2/c29-26-10-9-19(14-25(26)28-30-15-27(31-28)20-5-2-1-3-6-20)13-21-7-4-8-22-16-32(12-11-24(21)22)17-23(34)18-33/h1-10,14-15,23,33-34H,11-13,16-18H2,(H,30,31)/t23-/m1/s1. The highest BCUT2D eigenvalue weighted by atomic mass is 35.5. The van der Waals surface area contributed by atoms with Crippen molar-refractivity contribution in [3.05, 3.63) is 100 Å². The third kappa shape index (κ3) is 4.93. The normalized spacial score (nSPS) is 14.7. The second kappa shape index (κ2) is 10.1. The van der Waals surface area contributed by atoms with Crippen LogP contribution in [0.3, 0.4) is 0 Å².